The molecule has 1 fully saturated rings. The second-order valence-corrected chi connectivity index (χ2v) is 6.45. The van der Waals surface area contributed by atoms with Gasteiger partial charge >= 0.3 is 6.03 Å². The highest BCUT2D eigenvalue weighted by Crippen LogP contribution is 2.15. The van der Waals surface area contributed by atoms with Crippen molar-refractivity contribution in [1.82, 2.24) is 15.1 Å². The molecule has 1 heterocycles. The number of carbonyl (C=O) groups excluding carboxylic acids is 1. The molecule has 1 N–H and O–H groups in total. The van der Waals surface area contributed by atoms with Crippen molar-refractivity contribution in [3.63, 3.8) is 0 Å². The number of benzene rings is 1. The van der Waals surface area contributed by atoms with Gasteiger partial charge in [-0.05, 0) is 50.4 Å². The Balaban J connectivity index is 1.59. The number of rotatable bonds is 6. The van der Waals surface area contributed by atoms with Crippen molar-refractivity contribution in [3.8, 4) is 0 Å². The maximum atomic E-state index is 12.0. The van der Waals surface area contributed by atoms with Gasteiger partial charge in [-0.1, -0.05) is 37.3 Å². The average Bonchev–Trinajstić information content (AvgIpc) is 2.54. The molecule has 122 valence electrons. The molecule has 1 aliphatic heterocycles. The van der Waals surface area contributed by atoms with E-state index in [4.69, 9.17) is 0 Å². The van der Waals surface area contributed by atoms with Crippen molar-refractivity contribution in [3.05, 3.63) is 35.9 Å². The summed E-state index contributed by atoms with van der Waals surface area (Å²) in [5.41, 5.74) is 1.16. The summed E-state index contributed by atoms with van der Waals surface area (Å²) in [6, 6.07) is 10.1. The molecule has 0 aromatic heterocycles. The predicted octanol–water partition coefficient (Wildman–Crippen LogP) is 2.95. The number of amides is 2. The fraction of sp³-hybridized carbons (Fsp3) is 0.611. The lowest BCUT2D eigenvalue weighted by Crippen LogP contribution is -2.39. The summed E-state index contributed by atoms with van der Waals surface area (Å²) in [6.45, 7) is 7.25. The van der Waals surface area contributed by atoms with Gasteiger partial charge in [0.1, 0.15) is 0 Å². The van der Waals surface area contributed by atoms with E-state index in [1.165, 1.54) is 25.9 Å². The number of nitrogens with one attached hydrogen (secondary N) is 1. The van der Waals surface area contributed by atoms with Gasteiger partial charge < -0.3 is 15.1 Å². The molecule has 1 aromatic carbocycles. The van der Waals surface area contributed by atoms with E-state index in [0.29, 0.717) is 6.54 Å². The van der Waals surface area contributed by atoms with Crippen LogP contribution < -0.4 is 5.32 Å². The number of hydrogen-bond acceptors (Lipinski definition) is 2. The molecule has 0 radical (unpaired) electrons. The first kappa shape index (κ1) is 16.8. The molecule has 0 bridgehead atoms. The molecule has 0 unspecified atom stereocenters. The zero-order chi connectivity index (χ0) is 15.8. The molecule has 2 rings (SSSR count). The molecule has 0 saturated carbocycles. The number of piperidine rings is 1. The van der Waals surface area contributed by atoms with Gasteiger partial charge in [0.15, 0.2) is 0 Å². The Morgan fingerprint density at radius 3 is 2.64 bits per heavy atom. The SMILES string of the molecule is CC1CCN(CCCNC(=O)N(C)Cc2ccccc2)CC1. The van der Waals surface area contributed by atoms with Gasteiger partial charge in [0.25, 0.3) is 0 Å². The van der Waals surface area contributed by atoms with Crippen LogP contribution in [0.15, 0.2) is 30.3 Å². The highest BCUT2D eigenvalue weighted by molar-refractivity contribution is 5.73. The zero-order valence-electron chi connectivity index (χ0n) is 13.9. The van der Waals surface area contributed by atoms with Crippen LogP contribution >= 0.6 is 0 Å². The molecule has 22 heavy (non-hydrogen) atoms. The van der Waals surface area contributed by atoms with Crippen molar-refractivity contribution >= 4 is 6.03 Å². The first-order chi connectivity index (χ1) is 10.6. The van der Waals surface area contributed by atoms with Crippen molar-refractivity contribution in [1.29, 1.82) is 0 Å². The third-order valence-electron chi connectivity index (χ3n) is 4.41. The number of likely N-dealkylation sites (tertiary alicyclic amines) is 1. The summed E-state index contributed by atoms with van der Waals surface area (Å²) in [7, 11) is 1.84. The third kappa shape index (κ3) is 5.68. The highest BCUT2D eigenvalue weighted by Gasteiger charge is 2.15. The van der Waals surface area contributed by atoms with E-state index in [1.54, 1.807) is 4.90 Å². The van der Waals surface area contributed by atoms with Gasteiger partial charge in [0.2, 0.25) is 0 Å². The molecular formula is C18H29N3O. The van der Waals surface area contributed by atoms with E-state index in [1.807, 2.05) is 37.4 Å². The van der Waals surface area contributed by atoms with Crippen molar-refractivity contribution in [2.45, 2.75) is 32.7 Å². The second kappa shape index (κ2) is 8.79. The molecule has 0 atom stereocenters. The summed E-state index contributed by atoms with van der Waals surface area (Å²) in [4.78, 5) is 16.3. The van der Waals surface area contributed by atoms with Crippen LogP contribution in [0.4, 0.5) is 4.79 Å². The van der Waals surface area contributed by atoms with Crippen LogP contribution in [-0.4, -0.2) is 49.1 Å². The minimum absolute atomic E-state index is 0.0103. The van der Waals surface area contributed by atoms with E-state index in [9.17, 15) is 4.79 Å². The Morgan fingerprint density at radius 1 is 1.27 bits per heavy atom. The maximum absolute atomic E-state index is 12.0. The molecule has 1 aliphatic rings. The van der Waals surface area contributed by atoms with E-state index in [0.717, 1.165) is 31.0 Å². The number of urea groups is 1. The highest BCUT2D eigenvalue weighted by atomic mass is 16.2. The summed E-state index contributed by atoms with van der Waals surface area (Å²) >= 11 is 0. The zero-order valence-corrected chi connectivity index (χ0v) is 13.9. The van der Waals surface area contributed by atoms with Crippen molar-refractivity contribution in [2.75, 3.05) is 33.2 Å². The Morgan fingerprint density at radius 2 is 1.95 bits per heavy atom. The smallest absolute Gasteiger partial charge is 0.317 e. The molecule has 4 nitrogen and oxygen atoms in total. The largest absolute Gasteiger partial charge is 0.338 e. The van der Waals surface area contributed by atoms with Crippen LogP contribution in [0, 0.1) is 5.92 Å². The summed E-state index contributed by atoms with van der Waals surface area (Å²) < 4.78 is 0. The Kier molecular flexibility index (Phi) is 6.72. The first-order valence-corrected chi connectivity index (χ1v) is 8.40. The van der Waals surface area contributed by atoms with Crippen LogP contribution in [0.1, 0.15) is 31.7 Å². The van der Waals surface area contributed by atoms with Gasteiger partial charge in [-0.15, -0.1) is 0 Å². The molecule has 1 saturated heterocycles. The lowest BCUT2D eigenvalue weighted by Gasteiger charge is -2.30. The van der Waals surface area contributed by atoms with Crippen LogP contribution in [0.5, 0.6) is 0 Å². The molecule has 2 amide bonds. The topological polar surface area (TPSA) is 35.6 Å². The minimum Gasteiger partial charge on any atom is -0.338 e. The Bertz CT molecular complexity index is 441. The number of hydrogen-bond donors (Lipinski definition) is 1. The van der Waals surface area contributed by atoms with Gasteiger partial charge in [-0.25, -0.2) is 4.79 Å². The van der Waals surface area contributed by atoms with Gasteiger partial charge in [-0.2, -0.15) is 0 Å². The minimum atomic E-state index is 0.0103. The van der Waals surface area contributed by atoms with Crippen LogP contribution in [0.3, 0.4) is 0 Å². The molecule has 4 heteroatoms. The van der Waals surface area contributed by atoms with Gasteiger partial charge in [-0.3, -0.25) is 0 Å². The average molecular weight is 303 g/mol. The van der Waals surface area contributed by atoms with E-state index in [-0.39, 0.29) is 6.03 Å². The van der Waals surface area contributed by atoms with Gasteiger partial charge in [0, 0.05) is 20.1 Å². The summed E-state index contributed by atoms with van der Waals surface area (Å²) in [6.07, 6.45) is 3.65. The summed E-state index contributed by atoms with van der Waals surface area (Å²) in [5, 5.41) is 3.01. The van der Waals surface area contributed by atoms with Crippen LogP contribution in [0.25, 0.3) is 0 Å². The normalized spacial score (nSPS) is 16.5. The molecule has 1 aromatic rings. The molecular weight excluding hydrogens is 274 g/mol. The van der Waals surface area contributed by atoms with E-state index < -0.39 is 0 Å². The standard InChI is InChI=1S/C18H29N3O/c1-16-9-13-21(14-10-16)12-6-11-19-18(22)20(2)15-17-7-4-3-5-8-17/h3-5,7-8,16H,6,9-15H2,1-2H3,(H,19,22). The van der Waals surface area contributed by atoms with Crippen molar-refractivity contribution in [2.24, 2.45) is 5.92 Å². The number of nitrogens with zero attached hydrogens (tertiary/aromatic N) is 2. The predicted molar refractivity (Wildman–Crippen MR) is 90.8 cm³/mol. The molecule has 0 spiro atoms. The number of carbonyl (C=O) groups is 1. The van der Waals surface area contributed by atoms with Crippen LogP contribution in [-0.2, 0) is 6.54 Å². The Hall–Kier alpha value is -1.55. The van der Waals surface area contributed by atoms with Crippen LogP contribution in [0.2, 0.25) is 0 Å². The van der Waals surface area contributed by atoms with E-state index >= 15 is 0 Å². The van der Waals surface area contributed by atoms with E-state index in [2.05, 4.69) is 17.1 Å². The quantitative estimate of drug-likeness (QED) is 0.820. The fourth-order valence-electron chi connectivity index (χ4n) is 2.85. The maximum Gasteiger partial charge on any atom is 0.317 e. The molecule has 0 aliphatic carbocycles. The van der Waals surface area contributed by atoms with Crippen molar-refractivity contribution < 1.29 is 4.79 Å². The lowest BCUT2D eigenvalue weighted by atomic mass is 9.99. The fourth-order valence-corrected chi connectivity index (χ4v) is 2.85. The van der Waals surface area contributed by atoms with Gasteiger partial charge in [0.05, 0.1) is 0 Å². The lowest BCUT2D eigenvalue weighted by molar-refractivity contribution is 0.187. The summed E-state index contributed by atoms with van der Waals surface area (Å²) in [5.74, 6) is 0.877. The monoisotopic (exact) mass is 303 g/mol. The first-order valence-electron chi connectivity index (χ1n) is 8.40. The second-order valence-electron chi connectivity index (χ2n) is 6.45. The third-order valence-corrected chi connectivity index (χ3v) is 4.41. The Labute approximate surface area is 134 Å².